The van der Waals surface area contributed by atoms with E-state index in [9.17, 15) is 28.8 Å². The van der Waals surface area contributed by atoms with Crippen molar-refractivity contribution in [3.8, 4) is 0 Å². The molecular weight excluding hydrogens is 925 g/mol. The highest BCUT2D eigenvalue weighted by atomic mass is 35.5. The van der Waals surface area contributed by atoms with Gasteiger partial charge in [0.1, 0.15) is 11.4 Å². The fourth-order valence-corrected chi connectivity index (χ4v) is 6.69. The average Bonchev–Trinajstić information content (AvgIpc) is 3.22. The van der Waals surface area contributed by atoms with Gasteiger partial charge in [-0.3, -0.25) is 28.8 Å². The second-order valence-corrected chi connectivity index (χ2v) is 15.6. The minimum absolute atomic E-state index is 0.00535. The number of nitrogens with zero attached hydrogens (tertiary/aromatic N) is 4. The molecule has 5 aromatic carbocycles. The number of anilines is 4. The van der Waals surface area contributed by atoms with Gasteiger partial charge in [0.05, 0.1) is 52.6 Å². The zero-order valence-electron chi connectivity index (χ0n) is 32.7. The minimum Gasteiger partial charge on any atom is -0.324 e. The first-order valence-corrected chi connectivity index (χ1v) is 20.3. The third kappa shape index (κ3) is 11.2. The first-order valence-electron chi connectivity index (χ1n) is 18.0. The molecule has 2 unspecified atom stereocenters. The molecule has 0 aliphatic rings. The Kier molecular flexibility index (Phi) is 15.9. The molecule has 20 heteroatoms. The molecule has 0 heterocycles. The van der Waals surface area contributed by atoms with Crippen LogP contribution in [-0.2, 0) is 19.2 Å². The van der Waals surface area contributed by atoms with Crippen molar-refractivity contribution in [1.29, 1.82) is 0 Å². The summed E-state index contributed by atoms with van der Waals surface area (Å²) in [7, 11) is 0. The van der Waals surface area contributed by atoms with Crippen LogP contribution in [-0.4, -0.2) is 47.3 Å². The summed E-state index contributed by atoms with van der Waals surface area (Å²) in [6, 6.07) is 17.9. The van der Waals surface area contributed by atoms with Crippen LogP contribution in [0.25, 0.3) is 0 Å². The lowest BCUT2D eigenvalue weighted by Gasteiger charge is -2.17. The Morgan fingerprint density at radius 2 is 0.806 bits per heavy atom. The van der Waals surface area contributed by atoms with Gasteiger partial charge >= 0.3 is 0 Å². The summed E-state index contributed by atoms with van der Waals surface area (Å²) in [6.45, 7) is 5.63. The van der Waals surface area contributed by atoms with Crippen LogP contribution < -0.4 is 21.3 Å². The highest BCUT2D eigenvalue weighted by Gasteiger charge is 2.27. The maximum absolute atomic E-state index is 13.4. The Bertz CT molecular complexity index is 2530. The van der Waals surface area contributed by atoms with Gasteiger partial charge < -0.3 is 21.3 Å². The van der Waals surface area contributed by atoms with Gasteiger partial charge in [-0.1, -0.05) is 93.9 Å². The van der Waals surface area contributed by atoms with Crippen molar-refractivity contribution in [2.24, 2.45) is 20.5 Å². The third-order valence-electron chi connectivity index (χ3n) is 8.98. The molecule has 62 heavy (non-hydrogen) atoms. The third-order valence-corrected chi connectivity index (χ3v) is 11.4. The lowest BCUT2D eigenvalue weighted by Crippen LogP contribution is -2.33. The topological polar surface area (TPSA) is 200 Å². The van der Waals surface area contributed by atoms with Gasteiger partial charge in [-0.2, -0.15) is 20.5 Å². The maximum Gasteiger partial charge on any atom is 0.258 e. The zero-order chi connectivity index (χ0) is 45.4. The Morgan fingerprint density at radius 3 is 1.16 bits per heavy atom. The molecule has 0 saturated carbocycles. The van der Waals surface area contributed by atoms with E-state index in [0.29, 0.717) is 11.1 Å². The van der Waals surface area contributed by atoms with Gasteiger partial charge in [0.25, 0.3) is 23.6 Å². The molecule has 0 aliphatic heterocycles. The summed E-state index contributed by atoms with van der Waals surface area (Å²) >= 11 is 37.5. The van der Waals surface area contributed by atoms with Crippen LogP contribution in [0.4, 0.5) is 34.1 Å². The number of benzene rings is 5. The predicted octanol–water partition coefficient (Wildman–Crippen LogP) is 12.1. The molecule has 0 aromatic heterocycles. The van der Waals surface area contributed by atoms with Gasteiger partial charge in [-0.15, -0.1) is 0 Å². The second-order valence-electron chi connectivity index (χ2n) is 13.2. The molecule has 0 fully saturated rings. The SMILES string of the molecule is CC(=O)C(N=Nc1cccc(C(=O)Nc2cccc(Cl)c2Cl)c1Cl)C(=O)Nc1ccc(NC(=O)C(N=Nc2cccc(C(=O)Nc3cccc(Cl)c3Cl)c2Cl)C(C)=O)c(C)c1C. The largest absolute Gasteiger partial charge is 0.324 e. The molecule has 0 aliphatic carbocycles. The monoisotopic (exact) mass is 954 g/mol. The number of carbonyl (C=O) groups excluding carboxylic acids is 6. The molecule has 4 N–H and O–H groups in total. The lowest BCUT2D eigenvalue weighted by atomic mass is 10.0. The van der Waals surface area contributed by atoms with Crippen LogP contribution in [0.3, 0.4) is 0 Å². The predicted molar refractivity (Wildman–Crippen MR) is 243 cm³/mol. The number of Topliss-reactive ketones (excluding diaryl/α,β-unsaturated/α-hetero) is 2. The van der Waals surface area contributed by atoms with Gasteiger partial charge in [-0.05, 0) is 99.5 Å². The highest BCUT2D eigenvalue weighted by molar-refractivity contribution is 6.45. The van der Waals surface area contributed by atoms with Crippen molar-refractivity contribution in [3.63, 3.8) is 0 Å². The normalized spacial score (nSPS) is 12.2. The van der Waals surface area contributed by atoms with Crippen LogP contribution in [0.15, 0.2) is 105 Å². The van der Waals surface area contributed by atoms with Crippen LogP contribution in [0, 0.1) is 13.8 Å². The molecule has 2 atom stereocenters. The van der Waals surface area contributed by atoms with Gasteiger partial charge in [-0.25, -0.2) is 0 Å². The van der Waals surface area contributed by atoms with Gasteiger partial charge in [0.15, 0.2) is 11.6 Å². The van der Waals surface area contributed by atoms with E-state index < -0.39 is 47.3 Å². The summed E-state index contributed by atoms with van der Waals surface area (Å²) < 4.78 is 0. The molecule has 318 valence electrons. The van der Waals surface area contributed by atoms with E-state index in [4.69, 9.17) is 69.6 Å². The first kappa shape index (κ1) is 47.3. The van der Waals surface area contributed by atoms with Gasteiger partial charge in [0, 0.05) is 11.4 Å². The molecule has 4 amide bonds. The summed E-state index contributed by atoms with van der Waals surface area (Å²) in [5.41, 5.74) is 2.09. The van der Waals surface area contributed by atoms with E-state index in [1.807, 2.05) is 0 Å². The Labute approximate surface area is 384 Å². The number of ketones is 2. The minimum atomic E-state index is -1.61. The fourth-order valence-electron chi connectivity index (χ4n) is 5.50. The number of azo groups is 2. The van der Waals surface area contributed by atoms with Crippen LogP contribution in [0.1, 0.15) is 45.7 Å². The van der Waals surface area contributed by atoms with Crippen molar-refractivity contribution in [2.75, 3.05) is 21.3 Å². The number of nitrogens with one attached hydrogen (secondary N) is 4. The van der Waals surface area contributed by atoms with Crippen LogP contribution in [0.5, 0.6) is 0 Å². The van der Waals surface area contributed by atoms with Crippen molar-refractivity contribution >= 4 is 139 Å². The number of amides is 4. The molecule has 0 radical (unpaired) electrons. The Morgan fingerprint density at radius 1 is 0.452 bits per heavy atom. The van der Waals surface area contributed by atoms with E-state index in [0.717, 1.165) is 13.8 Å². The van der Waals surface area contributed by atoms with Gasteiger partial charge in [0.2, 0.25) is 12.1 Å². The van der Waals surface area contributed by atoms with Crippen molar-refractivity contribution in [1.82, 2.24) is 0 Å². The van der Waals surface area contributed by atoms with Crippen LogP contribution in [0.2, 0.25) is 30.1 Å². The number of carbonyl (C=O) groups is 6. The molecule has 0 bridgehead atoms. The van der Waals surface area contributed by atoms with E-state index in [1.54, 1.807) is 50.2 Å². The smallest absolute Gasteiger partial charge is 0.258 e. The maximum atomic E-state index is 13.4. The number of hydrogen-bond donors (Lipinski definition) is 4. The van der Waals surface area contributed by atoms with Crippen molar-refractivity contribution in [3.05, 3.63) is 137 Å². The average molecular weight is 957 g/mol. The van der Waals surface area contributed by atoms with Crippen LogP contribution >= 0.6 is 69.6 Å². The van der Waals surface area contributed by atoms with E-state index in [2.05, 4.69) is 41.7 Å². The van der Waals surface area contributed by atoms with Crippen molar-refractivity contribution < 1.29 is 28.8 Å². The summed E-state index contributed by atoms with van der Waals surface area (Å²) in [5.74, 6) is -4.19. The number of halogens is 6. The molecule has 5 aromatic rings. The van der Waals surface area contributed by atoms with E-state index >= 15 is 0 Å². The highest BCUT2D eigenvalue weighted by Crippen LogP contribution is 2.35. The second kappa shape index (κ2) is 20.9. The molecular formula is C42H32Cl6N8O6. The fraction of sp³-hybridized carbons (Fsp3) is 0.143. The zero-order valence-corrected chi connectivity index (χ0v) is 37.3. The van der Waals surface area contributed by atoms with Crippen molar-refractivity contribution in [2.45, 2.75) is 39.8 Å². The molecule has 0 spiro atoms. The lowest BCUT2D eigenvalue weighted by molar-refractivity contribution is -0.127. The molecule has 14 nitrogen and oxygen atoms in total. The number of rotatable bonds is 14. The Hall–Kier alpha value is -5.74. The van der Waals surface area contributed by atoms with E-state index in [1.165, 1.54) is 48.5 Å². The molecule has 5 rings (SSSR count). The Balaban J connectivity index is 1.27. The molecule has 0 saturated heterocycles. The summed E-state index contributed by atoms with van der Waals surface area (Å²) in [4.78, 5) is 78.1. The summed E-state index contributed by atoms with van der Waals surface area (Å²) in [6.07, 6.45) is 0. The van der Waals surface area contributed by atoms with E-state index in [-0.39, 0.29) is 75.4 Å². The first-order chi connectivity index (χ1) is 29.4. The number of hydrogen-bond acceptors (Lipinski definition) is 10. The quantitative estimate of drug-likeness (QED) is 0.0630. The standard InChI is InChI=1S/C42H32Cl6N8O6/c1-19-20(2)28(50-42(62)38(22(4)58)56-54-32-16-6-10-24(34(32)46)40(60)52-30-14-8-12-26(44)36(30)48)18-17-27(19)49-41(61)37(21(3)57)55-53-31-15-5-9-23(33(31)45)39(59)51-29-13-7-11-25(43)35(29)47/h5-18,37-38H,1-4H3,(H,49,61)(H,50,62)(H,51,59)(H,52,60). The summed E-state index contributed by atoms with van der Waals surface area (Å²) in [5, 5.41) is 27.0.